The summed E-state index contributed by atoms with van der Waals surface area (Å²) in [5, 5.41) is 14.6. The highest BCUT2D eigenvalue weighted by Crippen LogP contribution is 2.22. The first-order valence-electron chi connectivity index (χ1n) is 7.18. The molecular formula is C16H21N3O2S. The highest BCUT2D eigenvalue weighted by molar-refractivity contribution is 7.13. The second-order valence-electron chi connectivity index (χ2n) is 5.20. The fourth-order valence-corrected chi connectivity index (χ4v) is 3.05. The number of amides is 1. The number of carbonyl (C=O) groups excluding carboxylic acids is 1. The monoisotopic (exact) mass is 319 g/mol. The van der Waals surface area contributed by atoms with Gasteiger partial charge in [0.2, 0.25) is 5.91 Å². The van der Waals surface area contributed by atoms with Crippen LogP contribution >= 0.6 is 11.3 Å². The molecule has 0 saturated heterocycles. The highest BCUT2D eigenvalue weighted by atomic mass is 32.1. The summed E-state index contributed by atoms with van der Waals surface area (Å²) in [6, 6.07) is 9.92. The van der Waals surface area contributed by atoms with Crippen molar-refractivity contribution in [2.24, 2.45) is 0 Å². The van der Waals surface area contributed by atoms with Gasteiger partial charge in [0.15, 0.2) is 5.13 Å². The fourth-order valence-electron chi connectivity index (χ4n) is 2.35. The van der Waals surface area contributed by atoms with E-state index in [0.717, 1.165) is 11.3 Å². The first kappa shape index (κ1) is 16.6. The van der Waals surface area contributed by atoms with Gasteiger partial charge in [0.1, 0.15) is 0 Å². The minimum atomic E-state index is -0.101. The number of aliphatic hydroxyl groups excluding tert-OH is 1. The number of nitrogens with zero attached hydrogens (tertiary/aromatic N) is 2. The van der Waals surface area contributed by atoms with Gasteiger partial charge in [-0.2, -0.15) is 0 Å². The van der Waals surface area contributed by atoms with Gasteiger partial charge in [-0.3, -0.25) is 9.69 Å². The Kier molecular flexibility index (Phi) is 6.06. The SMILES string of the molecule is Cc1csc(NC(=O)CN(C)C(CCO)c2ccccc2)n1. The summed E-state index contributed by atoms with van der Waals surface area (Å²) in [4.78, 5) is 18.3. The van der Waals surface area contributed by atoms with Gasteiger partial charge in [0.25, 0.3) is 0 Å². The number of rotatable bonds is 7. The van der Waals surface area contributed by atoms with Crippen LogP contribution in [0, 0.1) is 6.92 Å². The topological polar surface area (TPSA) is 65.5 Å². The van der Waals surface area contributed by atoms with Gasteiger partial charge in [0, 0.05) is 18.0 Å². The molecule has 0 fully saturated rings. The van der Waals surface area contributed by atoms with E-state index >= 15 is 0 Å². The van der Waals surface area contributed by atoms with Gasteiger partial charge in [-0.25, -0.2) is 4.98 Å². The van der Waals surface area contributed by atoms with Crippen molar-refractivity contribution in [3.8, 4) is 0 Å². The molecule has 0 bridgehead atoms. The molecule has 5 nitrogen and oxygen atoms in total. The summed E-state index contributed by atoms with van der Waals surface area (Å²) in [5.41, 5.74) is 1.99. The van der Waals surface area contributed by atoms with Crippen LogP contribution in [-0.4, -0.2) is 41.1 Å². The zero-order valence-electron chi connectivity index (χ0n) is 12.8. The lowest BCUT2D eigenvalue weighted by molar-refractivity contribution is -0.117. The van der Waals surface area contributed by atoms with E-state index in [2.05, 4.69) is 10.3 Å². The van der Waals surface area contributed by atoms with E-state index in [0.29, 0.717) is 11.6 Å². The fraction of sp³-hybridized carbons (Fsp3) is 0.375. The number of aryl methyl sites for hydroxylation is 1. The summed E-state index contributed by atoms with van der Waals surface area (Å²) in [6.07, 6.45) is 0.587. The second kappa shape index (κ2) is 8.03. The van der Waals surface area contributed by atoms with Crippen LogP contribution < -0.4 is 5.32 Å². The Morgan fingerprint density at radius 2 is 2.14 bits per heavy atom. The average Bonchev–Trinajstić information content (AvgIpc) is 2.90. The third-order valence-corrected chi connectivity index (χ3v) is 4.25. The summed E-state index contributed by atoms with van der Waals surface area (Å²) in [6.45, 7) is 2.22. The lowest BCUT2D eigenvalue weighted by atomic mass is 10.0. The molecule has 6 heteroatoms. The van der Waals surface area contributed by atoms with Crippen molar-refractivity contribution < 1.29 is 9.90 Å². The number of anilines is 1. The van der Waals surface area contributed by atoms with Crippen LogP contribution in [-0.2, 0) is 4.79 Å². The largest absolute Gasteiger partial charge is 0.396 e. The maximum Gasteiger partial charge on any atom is 0.240 e. The molecule has 1 heterocycles. The van der Waals surface area contributed by atoms with E-state index in [-0.39, 0.29) is 25.1 Å². The van der Waals surface area contributed by atoms with Gasteiger partial charge in [-0.05, 0) is 26.0 Å². The predicted molar refractivity (Wildman–Crippen MR) is 89.0 cm³/mol. The van der Waals surface area contributed by atoms with Crippen LogP contribution in [0.1, 0.15) is 23.7 Å². The van der Waals surface area contributed by atoms with Crippen molar-refractivity contribution in [3.05, 3.63) is 47.0 Å². The summed E-state index contributed by atoms with van der Waals surface area (Å²) in [5.74, 6) is -0.101. The quantitative estimate of drug-likeness (QED) is 0.823. The van der Waals surface area contributed by atoms with Crippen molar-refractivity contribution in [2.75, 3.05) is 25.5 Å². The lowest BCUT2D eigenvalue weighted by Gasteiger charge is -2.27. The van der Waals surface area contributed by atoms with Gasteiger partial charge >= 0.3 is 0 Å². The molecule has 118 valence electrons. The molecule has 0 aliphatic rings. The Balaban J connectivity index is 1.98. The number of benzene rings is 1. The van der Waals surface area contributed by atoms with E-state index in [1.54, 1.807) is 0 Å². The van der Waals surface area contributed by atoms with E-state index < -0.39 is 0 Å². The molecule has 0 radical (unpaired) electrons. The molecule has 0 saturated carbocycles. The number of aromatic nitrogens is 1. The third kappa shape index (κ3) is 4.62. The number of hydrogen-bond acceptors (Lipinski definition) is 5. The smallest absolute Gasteiger partial charge is 0.240 e. The van der Waals surface area contributed by atoms with Crippen LogP contribution in [0.25, 0.3) is 0 Å². The van der Waals surface area contributed by atoms with Crippen LogP contribution in [0.2, 0.25) is 0 Å². The number of thiazole rings is 1. The third-order valence-electron chi connectivity index (χ3n) is 3.38. The molecule has 1 amide bonds. The van der Waals surface area contributed by atoms with Gasteiger partial charge in [-0.15, -0.1) is 11.3 Å². The van der Waals surface area contributed by atoms with Crippen molar-refractivity contribution in [3.63, 3.8) is 0 Å². The molecule has 1 aromatic carbocycles. The van der Waals surface area contributed by atoms with Crippen molar-refractivity contribution >= 4 is 22.4 Å². The maximum atomic E-state index is 12.1. The van der Waals surface area contributed by atoms with E-state index in [4.69, 9.17) is 0 Å². The molecule has 0 aliphatic carbocycles. The summed E-state index contributed by atoms with van der Waals surface area (Å²) in [7, 11) is 1.89. The van der Waals surface area contributed by atoms with Gasteiger partial charge in [0.05, 0.1) is 12.2 Å². The molecular weight excluding hydrogens is 298 g/mol. The minimum absolute atomic E-state index is 0.00924. The second-order valence-corrected chi connectivity index (χ2v) is 6.05. The number of aliphatic hydroxyl groups is 1. The Morgan fingerprint density at radius 3 is 2.73 bits per heavy atom. The predicted octanol–water partition coefficient (Wildman–Crippen LogP) is 2.45. The van der Waals surface area contributed by atoms with Crippen molar-refractivity contribution in [1.82, 2.24) is 9.88 Å². The zero-order chi connectivity index (χ0) is 15.9. The first-order chi connectivity index (χ1) is 10.6. The van der Waals surface area contributed by atoms with Crippen LogP contribution in [0.15, 0.2) is 35.7 Å². The molecule has 2 N–H and O–H groups in total. The number of likely N-dealkylation sites (N-methyl/N-ethyl adjacent to an activating group) is 1. The lowest BCUT2D eigenvalue weighted by Crippen LogP contribution is -2.33. The summed E-state index contributed by atoms with van der Waals surface area (Å²) >= 11 is 1.42. The Labute approximate surface area is 134 Å². The Hall–Kier alpha value is -1.76. The van der Waals surface area contributed by atoms with Crippen molar-refractivity contribution in [2.45, 2.75) is 19.4 Å². The number of nitrogens with one attached hydrogen (secondary N) is 1. The van der Waals surface area contributed by atoms with Gasteiger partial charge < -0.3 is 10.4 Å². The van der Waals surface area contributed by atoms with E-state index in [1.807, 2.05) is 54.6 Å². The maximum absolute atomic E-state index is 12.1. The first-order valence-corrected chi connectivity index (χ1v) is 8.06. The number of hydrogen-bond donors (Lipinski definition) is 2. The average molecular weight is 319 g/mol. The minimum Gasteiger partial charge on any atom is -0.396 e. The molecule has 0 aliphatic heterocycles. The molecule has 1 unspecified atom stereocenters. The van der Waals surface area contributed by atoms with Crippen LogP contribution in [0.4, 0.5) is 5.13 Å². The Morgan fingerprint density at radius 1 is 1.41 bits per heavy atom. The molecule has 0 spiro atoms. The standard InChI is InChI=1S/C16H21N3O2S/c1-12-11-22-16(17-12)18-15(21)10-19(2)14(8-9-20)13-6-4-3-5-7-13/h3-7,11,14,20H,8-10H2,1-2H3,(H,17,18,21). The molecule has 1 aromatic heterocycles. The number of carbonyl (C=O) groups is 1. The molecule has 1 atom stereocenters. The molecule has 2 rings (SSSR count). The van der Waals surface area contributed by atoms with Crippen molar-refractivity contribution in [1.29, 1.82) is 0 Å². The Bertz CT molecular complexity index is 600. The molecule has 2 aromatic rings. The van der Waals surface area contributed by atoms with E-state index in [9.17, 15) is 9.90 Å². The van der Waals surface area contributed by atoms with Crippen LogP contribution in [0.5, 0.6) is 0 Å². The van der Waals surface area contributed by atoms with E-state index in [1.165, 1.54) is 11.3 Å². The zero-order valence-corrected chi connectivity index (χ0v) is 13.6. The van der Waals surface area contributed by atoms with Gasteiger partial charge in [-0.1, -0.05) is 30.3 Å². The van der Waals surface area contributed by atoms with Crippen LogP contribution in [0.3, 0.4) is 0 Å². The molecule has 22 heavy (non-hydrogen) atoms. The normalized spacial score (nSPS) is 12.4. The highest BCUT2D eigenvalue weighted by Gasteiger charge is 2.19. The summed E-state index contributed by atoms with van der Waals surface area (Å²) < 4.78 is 0.